The third-order valence-electron chi connectivity index (χ3n) is 6.78. The molecule has 6 aromatic rings. The van der Waals surface area contributed by atoms with Gasteiger partial charge in [0.2, 0.25) is 0 Å². The minimum absolute atomic E-state index is 0.00756. The Morgan fingerprint density at radius 2 is 1.27 bits per heavy atom. The zero-order chi connectivity index (χ0) is 30.9. The highest BCUT2D eigenvalue weighted by molar-refractivity contribution is 7.99. The van der Waals surface area contributed by atoms with Crippen molar-refractivity contribution in [3.63, 3.8) is 0 Å². The van der Waals surface area contributed by atoms with Gasteiger partial charge in [0, 0.05) is 24.9 Å². The lowest BCUT2D eigenvalue weighted by molar-refractivity contribution is 0.102. The molecule has 7 nitrogen and oxygen atoms in total. The number of para-hydroxylation sites is 2. The van der Waals surface area contributed by atoms with E-state index in [1.165, 1.54) is 17.3 Å². The summed E-state index contributed by atoms with van der Waals surface area (Å²) in [6.07, 6.45) is 1.75. The Balaban J connectivity index is 0.000000177. The van der Waals surface area contributed by atoms with Crippen LogP contribution in [-0.2, 0) is 19.3 Å². The molecule has 0 saturated carbocycles. The van der Waals surface area contributed by atoms with E-state index in [0.717, 1.165) is 21.9 Å². The predicted molar refractivity (Wildman–Crippen MR) is 181 cm³/mol. The molecule has 0 fully saturated rings. The monoisotopic (exact) mass is 618 g/mol. The number of fused-ring (bicyclic) bond motifs is 2. The molecule has 0 radical (unpaired) electrons. The number of hydrogen-bond donors (Lipinski definition) is 0. The van der Waals surface area contributed by atoms with Crippen molar-refractivity contribution in [1.29, 1.82) is 0 Å². The molecule has 4 aromatic carbocycles. The van der Waals surface area contributed by atoms with Crippen LogP contribution in [0, 0.1) is 0 Å². The fourth-order valence-electron chi connectivity index (χ4n) is 4.58. The molecule has 0 saturated heterocycles. The summed E-state index contributed by atoms with van der Waals surface area (Å²) in [5.74, 6) is 1.04. The van der Waals surface area contributed by atoms with Gasteiger partial charge in [0.15, 0.2) is 16.1 Å². The van der Waals surface area contributed by atoms with Crippen molar-refractivity contribution in [2.24, 2.45) is 7.05 Å². The van der Waals surface area contributed by atoms with E-state index in [1.54, 1.807) is 36.0 Å². The first kappa shape index (κ1) is 30.7. The van der Waals surface area contributed by atoms with Gasteiger partial charge >= 0.3 is 0 Å². The van der Waals surface area contributed by atoms with E-state index in [0.29, 0.717) is 28.0 Å². The SMILES string of the molecule is C=CCn1c(SCC(=O)c2ccccc2)nc(=O)c2ccccc21.Cn1c(SCc2ccccc2)nc(=O)c2ccccc21. The van der Waals surface area contributed by atoms with E-state index < -0.39 is 0 Å². The first-order valence-electron chi connectivity index (χ1n) is 13.9. The summed E-state index contributed by atoms with van der Waals surface area (Å²) in [6, 6.07) is 34.2. The van der Waals surface area contributed by atoms with Crippen molar-refractivity contribution in [2.75, 3.05) is 5.75 Å². The molecule has 220 valence electrons. The predicted octanol–water partition coefficient (Wildman–Crippen LogP) is 6.78. The molecule has 0 unspecified atom stereocenters. The van der Waals surface area contributed by atoms with Gasteiger partial charge in [-0.2, -0.15) is 9.97 Å². The number of thioether (sulfide) groups is 2. The maximum Gasteiger partial charge on any atom is 0.281 e. The van der Waals surface area contributed by atoms with Gasteiger partial charge in [0.25, 0.3) is 11.1 Å². The van der Waals surface area contributed by atoms with Crippen molar-refractivity contribution in [3.8, 4) is 0 Å². The van der Waals surface area contributed by atoms with Gasteiger partial charge in [-0.05, 0) is 29.8 Å². The first-order valence-corrected chi connectivity index (χ1v) is 15.9. The average molecular weight is 619 g/mol. The highest BCUT2D eigenvalue weighted by atomic mass is 32.2. The Hall–Kier alpha value is -4.73. The van der Waals surface area contributed by atoms with Crippen LogP contribution < -0.4 is 11.1 Å². The Kier molecular flexibility index (Phi) is 10.2. The third kappa shape index (κ3) is 7.24. The fourth-order valence-corrected chi connectivity index (χ4v) is 6.41. The lowest BCUT2D eigenvalue weighted by Crippen LogP contribution is -2.16. The number of allylic oxidation sites excluding steroid dienone is 1. The number of nitrogens with zero attached hydrogens (tertiary/aromatic N) is 4. The summed E-state index contributed by atoms with van der Waals surface area (Å²) < 4.78 is 3.89. The van der Waals surface area contributed by atoms with Gasteiger partial charge in [-0.3, -0.25) is 14.4 Å². The molecule has 2 heterocycles. The van der Waals surface area contributed by atoms with Crippen LogP contribution in [0.3, 0.4) is 0 Å². The zero-order valence-electron chi connectivity index (χ0n) is 24.1. The molecule has 6 rings (SSSR count). The largest absolute Gasteiger partial charge is 0.323 e. The van der Waals surface area contributed by atoms with E-state index in [4.69, 9.17) is 0 Å². The quantitative estimate of drug-likeness (QED) is 0.0764. The van der Waals surface area contributed by atoms with Crippen molar-refractivity contribution < 1.29 is 4.79 Å². The number of Topliss-reactive ketones (excluding diaryl/α,β-unsaturated/α-hetero) is 1. The van der Waals surface area contributed by atoms with Crippen LogP contribution in [-0.4, -0.2) is 30.6 Å². The summed E-state index contributed by atoms with van der Waals surface area (Å²) in [4.78, 5) is 44.9. The van der Waals surface area contributed by atoms with E-state index in [2.05, 4.69) is 28.7 Å². The molecular weight excluding hydrogens is 589 g/mol. The molecule has 0 amide bonds. The van der Waals surface area contributed by atoms with Gasteiger partial charge in [-0.1, -0.05) is 115 Å². The van der Waals surface area contributed by atoms with Crippen molar-refractivity contribution in [3.05, 3.63) is 154 Å². The molecule has 0 aliphatic rings. The van der Waals surface area contributed by atoms with Crippen LogP contribution in [0.5, 0.6) is 0 Å². The number of ketones is 1. The second kappa shape index (κ2) is 14.6. The molecule has 0 N–H and O–H groups in total. The molecule has 0 aliphatic heterocycles. The fraction of sp³-hybridized carbons (Fsp3) is 0.114. The molecule has 44 heavy (non-hydrogen) atoms. The number of aromatic nitrogens is 4. The Bertz CT molecular complexity index is 2040. The molecule has 0 atom stereocenters. The van der Waals surface area contributed by atoms with E-state index in [-0.39, 0.29) is 22.7 Å². The number of hydrogen-bond acceptors (Lipinski definition) is 7. The van der Waals surface area contributed by atoms with E-state index in [1.807, 2.05) is 95.0 Å². The van der Waals surface area contributed by atoms with Gasteiger partial charge in [-0.25, -0.2) is 0 Å². The van der Waals surface area contributed by atoms with Gasteiger partial charge in [0.05, 0.1) is 27.6 Å². The molecule has 0 bridgehead atoms. The van der Waals surface area contributed by atoms with Crippen LogP contribution in [0.1, 0.15) is 15.9 Å². The minimum Gasteiger partial charge on any atom is -0.323 e. The summed E-state index contributed by atoms with van der Waals surface area (Å²) in [7, 11) is 1.95. The number of carbonyl (C=O) groups excluding carboxylic acids is 1. The smallest absolute Gasteiger partial charge is 0.281 e. The lowest BCUT2D eigenvalue weighted by Gasteiger charge is -2.13. The van der Waals surface area contributed by atoms with Crippen molar-refractivity contribution in [1.82, 2.24) is 19.1 Å². The van der Waals surface area contributed by atoms with Gasteiger partial charge in [-0.15, -0.1) is 6.58 Å². The molecule has 2 aromatic heterocycles. The third-order valence-corrected chi connectivity index (χ3v) is 8.86. The van der Waals surface area contributed by atoms with Crippen LogP contribution in [0.25, 0.3) is 21.8 Å². The normalized spacial score (nSPS) is 10.8. The standard InChI is InChI=1S/C19H16N2O2S.C16H14N2OS/c1-2-12-21-16-11-7-6-10-15(16)18(23)20-19(21)24-13-17(22)14-8-4-3-5-9-14;1-18-14-10-6-5-9-13(14)15(19)17-16(18)20-11-12-7-3-2-4-8-12/h2-11H,1,12-13H2;2-10H,11H2,1H3. The average Bonchev–Trinajstić information content (AvgIpc) is 3.07. The number of rotatable bonds is 9. The summed E-state index contributed by atoms with van der Waals surface area (Å²) in [6.45, 7) is 4.29. The topological polar surface area (TPSA) is 86.8 Å². The van der Waals surface area contributed by atoms with Crippen LogP contribution in [0.15, 0.2) is 142 Å². The van der Waals surface area contributed by atoms with E-state index in [9.17, 15) is 14.4 Å². The number of carbonyl (C=O) groups is 1. The Morgan fingerprint density at radius 1 is 0.727 bits per heavy atom. The molecule has 9 heteroatoms. The molecular formula is C35H30N4O3S2. The van der Waals surface area contributed by atoms with Crippen LogP contribution in [0.4, 0.5) is 0 Å². The highest BCUT2D eigenvalue weighted by Gasteiger charge is 2.13. The highest BCUT2D eigenvalue weighted by Crippen LogP contribution is 2.23. The summed E-state index contributed by atoms with van der Waals surface area (Å²) in [5, 5.41) is 2.51. The van der Waals surface area contributed by atoms with Crippen LogP contribution >= 0.6 is 23.5 Å². The Morgan fingerprint density at radius 3 is 1.93 bits per heavy atom. The molecule has 0 spiro atoms. The lowest BCUT2D eigenvalue weighted by atomic mass is 10.2. The number of benzene rings is 4. The maximum absolute atomic E-state index is 12.3. The minimum atomic E-state index is -0.277. The zero-order valence-corrected chi connectivity index (χ0v) is 25.8. The summed E-state index contributed by atoms with van der Waals surface area (Å²) >= 11 is 2.85. The first-order chi connectivity index (χ1) is 21.5. The second-order valence-electron chi connectivity index (χ2n) is 9.74. The number of aryl methyl sites for hydroxylation is 1. The van der Waals surface area contributed by atoms with Gasteiger partial charge < -0.3 is 9.13 Å². The maximum atomic E-state index is 12.3. The molecule has 0 aliphatic carbocycles. The van der Waals surface area contributed by atoms with Crippen molar-refractivity contribution >= 4 is 51.1 Å². The Labute approximate surface area is 263 Å². The second-order valence-corrected chi connectivity index (χ2v) is 11.6. The van der Waals surface area contributed by atoms with Crippen molar-refractivity contribution in [2.45, 2.75) is 22.6 Å². The van der Waals surface area contributed by atoms with E-state index >= 15 is 0 Å². The summed E-state index contributed by atoms with van der Waals surface area (Å²) in [5.41, 5.74) is 3.16. The van der Waals surface area contributed by atoms with Gasteiger partial charge in [0.1, 0.15) is 0 Å². The van der Waals surface area contributed by atoms with Crippen LogP contribution in [0.2, 0.25) is 0 Å².